The molecule has 2 N–H and O–H groups in total. The van der Waals surface area contributed by atoms with Gasteiger partial charge in [0.2, 0.25) is 0 Å². The number of fused-ring (bicyclic) bond motifs is 1. The van der Waals surface area contributed by atoms with E-state index in [2.05, 4.69) is 29.6 Å². The van der Waals surface area contributed by atoms with Crippen LogP contribution in [0.4, 0.5) is 5.82 Å². The molecule has 0 saturated heterocycles. The van der Waals surface area contributed by atoms with Crippen LogP contribution in [0.3, 0.4) is 0 Å². The van der Waals surface area contributed by atoms with Crippen LogP contribution in [0.15, 0.2) is 18.5 Å². The smallest absolute Gasteiger partial charge is 0.162 e. The van der Waals surface area contributed by atoms with Gasteiger partial charge in [0.25, 0.3) is 0 Å². The molecule has 0 fully saturated rings. The maximum absolute atomic E-state index is 5.69. The van der Waals surface area contributed by atoms with E-state index in [9.17, 15) is 0 Å². The van der Waals surface area contributed by atoms with Crippen molar-refractivity contribution in [3.63, 3.8) is 0 Å². The van der Waals surface area contributed by atoms with Gasteiger partial charge in [-0.05, 0) is 12.1 Å². The summed E-state index contributed by atoms with van der Waals surface area (Å²) >= 11 is 0. The molecular formula is C12H20N4OSi. The molecule has 0 spiro atoms. The minimum Gasteiger partial charge on any atom is -0.382 e. The highest BCUT2D eigenvalue weighted by atomic mass is 28.3. The second-order valence-corrected chi connectivity index (χ2v) is 11.3. The van der Waals surface area contributed by atoms with E-state index >= 15 is 0 Å². The molecule has 0 unspecified atom stereocenters. The summed E-state index contributed by atoms with van der Waals surface area (Å²) in [7, 11) is -1.02. The number of aromatic nitrogens is 3. The Balaban J connectivity index is 1.98. The fourth-order valence-electron chi connectivity index (χ4n) is 1.61. The Morgan fingerprint density at radius 2 is 2.17 bits per heavy atom. The lowest BCUT2D eigenvalue weighted by Gasteiger charge is -2.15. The standard InChI is InChI=1S/C12H20N4OSi/c1-18(2,3)7-6-17-9-16-5-4-10-12(16)15-11(13)8-14-10/h4-5,8H,6-7,9H2,1-3H3,(H2,13,15). The number of nitrogens with two attached hydrogens (primary N) is 1. The van der Waals surface area contributed by atoms with Gasteiger partial charge in [0, 0.05) is 20.9 Å². The van der Waals surface area contributed by atoms with E-state index in [0.717, 1.165) is 17.8 Å². The summed E-state index contributed by atoms with van der Waals surface area (Å²) in [6, 6.07) is 3.09. The molecular weight excluding hydrogens is 244 g/mol. The molecule has 0 aliphatic rings. The van der Waals surface area contributed by atoms with Crippen LogP contribution in [-0.4, -0.2) is 29.2 Å². The number of nitrogens with zero attached hydrogens (tertiary/aromatic N) is 3. The Bertz CT molecular complexity index is 532. The molecule has 2 aromatic rings. The van der Waals surface area contributed by atoms with Crippen molar-refractivity contribution in [1.82, 2.24) is 14.5 Å². The van der Waals surface area contributed by atoms with E-state index in [4.69, 9.17) is 10.5 Å². The van der Waals surface area contributed by atoms with Crippen molar-refractivity contribution in [1.29, 1.82) is 0 Å². The first-order valence-corrected chi connectivity index (χ1v) is 9.81. The van der Waals surface area contributed by atoms with E-state index in [1.54, 1.807) is 6.20 Å². The molecule has 0 aromatic carbocycles. The number of hydrogen-bond acceptors (Lipinski definition) is 4. The van der Waals surface area contributed by atoms with Crippen LogP contribution >= 0.6 is 0 Å². The molecule has 2 aromatic heterocycles. The van der Waals surface area contributed by atoms with Gasteiger partial charge in [-0.25, -0.2) is 9.97 Å². The van der Waals surface area contributed by atoms with Crippen molar-refractivity contribution >= 4 is 25.1 Å². The van der Waals surface area contributed by atoms with Gasteiger partial charge in [-0.1, -0.05) is 19.6 Å². The SMILES string of the molecule is C[Si](C)(C)CCOCn1ccc2ncc(N)nc21. The predicted octanol–water partition coefficient (Wildman–Crippen LogP) is 2.33. The fourth-order valence-corrected chi connectivity index (χ4v) is 2.36. The molecule has 5 nitrogen and oxygen atoms in total. The van der Waals surface area contributed by atoms with Crippen molar-refractivity contribution in [3.8, 4) is 0 Å². The fraction of sp³-hybridized carbons (Fsp3) is 0.500. The predicted molar refractivity (Wildman–Crippen MR) is 76.0 cm³/mol. The lowest BCUT2D eigenvalue weighted by molar-refractivity contribution is 0.0899. The molecule has 0 aliphatic carbocycles. The zero-order valence-electron chi connectivity index (χ0n) is 11.2. The average molecular weight is 264 g/mol. The molecule has 2 heterocycles. The quantitative estimate of drug-likeness (QED) is 0.665. The summed E-state index contributed by atoms with van der Waals surface area (Å²) in [5.74, 6) is 0.435. The third kappa shape index (κ3) is 3.30. The number of rotatable bonds is 5. The molecule has 6 heteroatoms. The molecule has 0 radical (unpaired) electrons. The molecule has 18 heavy (non-hydrogen) atoms. The topological polar surface area (TPSA) is 66.0 Å². The van der Waals surface area contributed by atoms with E-state index in [-0.39, 0.29) is 0 Å². The first-order valence-electron chi connectivity index (χ1n) is 6.11. The van der Waals surface area contributed by atoms with Gasteiger partial charge >= 0.3 is 0 Å². The lowest BCUT2D eigenvalue weighted by atomic mass is 10.5. The van der Waals surface area contributed by atoms with Gasteiger partial charge in [-0.2, -0.15) is 0 Å². The van der Waals surface area contributed by atoms with Crippen LogP contribution in [0.2, 0.25) is 25.7 Å². The molecule has 0 saturated carbocycles. The molecule has 2 rings (SSSR count). The average Bonchev–Trinajstić information content (AvgIpc) is 2.66. The Kier molecular flexibility index (Phi) is 3.67. The Morgan fingerprint density at radius 1 is 1.39 bits per heavy atom. The van der Waals surface area contributed by atoms with Gasteiger partial charge < -0.3 is 15.0 Å². The highest BCUT2D eigenvalue weighted by Crippen LogP contribution is 2.13. The summed E-state index contributed by atoms with van der Waals surface area (Å²) in [5.41, 5.74) is 7.27. The molecule has 0 amide bonds. The van der Waals surface area contributed by atoms with Crippen LogP contribution < -0.4 is 5.73 Å². The van der Waals surface area contributed by atoms with Crippen LogP contribution in [-0.2, 0) is 11.5 Å². The highest BCUT2D eigenvalue weighted by Gasteiger charge is 2.12. The molecule has 0 bridgehead atoms. The Hall–Kier alpha value is -1.40. The van der Waals surface area contributed by atoms with Gasteiger partial charge in [0.1, 0.15) is 18.1 Å². The molecule has 98 valence electrons. The third-order valence-electron chi connectivity index (χ3n) is 2.71. The van der Waals surface area contributed by atoms with Crippen LogP contribution in [0, 0.1) is 0 Å². The zero-order valence-corrected chi connectivity index (χ0v) is 12.2. The zero-order chi connectivity index (χ0) is 13.2. The Labute approximate surface area is 108 Å². The normalized spacial score (nSPS) is 12.2. The molecule has 0 atom stereocenters. The summed E-state index contributed by atoms with van der Waals surface area (Å²) in [4.78, 5) is 8.48. The third-order valence-corrected chi connectivity index (χ3v) is 4.42. The summed E-state index contributed by atoms with van der Waals surface area (Å²) in [6.45, 7) is 8.33. The second kappa shape index (κ2) is 5.07. The number of ether oxygens (including phenoxy) is 1. The van der Waals surface area contributed by atoms with Gasteiger partial charge in [0.05, 0.1) is 6.20 Å². The van der Waals surface area contributed by atoms with E-state index in [1.165, 1.54) is 6.04 Å². The van der Waals surface area contributed by atoms with E-state index < -0.39 is 8.07 Å². The van der Waals surface area contributed by atoms with E-state index in [1.807, 2.05) is 16.8 Å². The van der Waals surface area contributed by atoms with Gasteiger partial charge in [-0.3, -0.25) is 0 Å². The summed E-state index contributed by atoms with van der Waals surface area (Å²) in [5, 5.41) is 0. The highest BCUT2D eigenvalue weighted by molar-refractivity contribution is 6.76. The van der Waals surface area contributed by atoms with Gasteiger partial charge in [-0.15, -0.1) is 0 Å². The first-order chi connectivity index (χ1) is 8.46. The second-order valence-electron chi connectivity index (χ2n) is 5.64. The first kappa shape index (κ1) is 13.0. The van der Waals surface area contributed by atoms with Crippen molar-refractivity contribution in [3.05, 3.63) is 18.5 Å². The number of hydrogen-bond donors (Lipinski definition) is 1. The van der Waals surface area contributed by atoms with Crippen LogP contribution in [0.5, 0.6) is 0 Å². The van der Waals surface area contributed by atoms with Crippen molar-refractivity contribution in [2.24, 2.45) is 0 Å². The maximum Gasteiger partial charge on any atom is 0.162 e. The summed E-state index contributed by atoms with van der Waals surface area (Å²) in [6.07, 6.45) is 3.50. The molecule has 0 aliphatic heterocycles. The largest absolute Gasteiger partial charge is 0.382 e. The van der Waals surface area contributed by atoms with Crippen molar-refractivity contribution in [2.45, 2.75) is 32.4 Å². The van der Waals surface area contributed by atoms with Crippen molar-refractivity contribution in [2.75, 3.05) is 12.3 Å². The number of anilines is 1. The van der Waals surface area contributed by atoms with E-state index in [0.29, 0.717) is 12.5 Å². The maximum atomic E-state index is 5.69. The summed E-state index contributed by atoms with van der Waals surface area (Å²) < 4.78 is 7.62. The minimum absolute atomic E-state index is 0.435. The monoisotopic (exact) mass is 264 g/mol. The minimum atomic E-state index is -1.02. The Morgan fingerprint density at radius 3 is 2.89 bits per heavy atom. The number of nitrogen functional groups attached to an aromatic ring is 1. The van der Waals surface area contributed by atoms with Crippen LogP contribution in [0.25, 0.3) is 11.2 Å². The van der Waals surface area contributed by atoms with Gasteiger partial charge in [0.15, 0.2) is 5.65 Å². The van der Waals surface area contributed by atoms with Crippen molar-refractivity contribution < 1.29 is 4.74 Å². The lowest BCUT2D eigenvalue weighted by Crippen LogP contribution is -2.22. The van der Waals surface area contributed by atoms with Crippen LogP contribution in [0.1, 0.15) is 0 Å².